The minimum Gasteiger partial charge on any atom is -0.310 e. The summed E-state index contributed by atoms with van der Waals surface area (Å²) in [6, 6.07) is 11.8. The third-order valence-corrected chi connectivity index (χ3v) is 2.81. The molecule has 1 aromatic carbocycles. The molecule has 0 atom stereocenters. The van der Waals surface area contributed by atoms with E-state index in [-0.39, 0.29) is 5.91 Å². The molecule has 0 radical (unpaired) electrons. The lowest BCUT2D eigenvalue weighted by Gasteiger charge is -2.07. The molecule has 0 spiro atoms. The topological polar surface area (TPSA) is 42.0 Å². The largest absolute Gasteiger partial charge is 0.310 e. The van der Waals surface area contributed by atoms with Crippen LogP contribution in [0.25, 0.3) is 0 Å². The molecule has 98 valence electrons. The standard InChI is InChI=1S/C16H18N2O/c1-11-5-4-6-14(8-11)10-16(19)18-15-9-12(2)7-13(3)17-15/h4-9H,10H2,1-3H3,(H,17,18,19). The van der Waals surface area contributed by atoms with Crippen molar-refractivity contribution in [1.82, 2.24) is 4.98 Å². The summed E-state index contributed by atoms with van der Waals surface area (Å²) in [5.41, 5.74) is 4.18. The molecule has 0 aliphatic heterocycles. The number of hydrogen-bond acceptors (Lipinski definition) is 2. The average molecular weight is 254 g/mol. The number of rotatable bonds is 3. The van der Waals surface area contributed by atoms with Crippen LogP contribution in [0.2, 0.25) is 0 Å². The van der Waals surface area contributed by atoms with Gasteiger partial charge in [0.05, 0.1) is 6.42 Å². The summed E-state index contributed by atoms with van der Waals surface area (Å²) in [7, 11) is 0. The van der Waals surface area contributed by atoms with Gasteiger partial charge >= 0.3 is 0 Å². The lowest BCUT2D eigenvalue weighted by molar-refractivity contribution is -0.115. The molecule has 0 saturated carbocycles. The summed E-state index contributed by atoms with van der Waals surface area (Å²) >= 11 is 0. The van der Waals surface area contributed by atoms with E-state index in [9.17, 15) is 4.79 Å². The van der Waals surface area contributed by atoms with Gasteiger partial charge in [-0.2, -0.15) is 0 Å². The highest BCUT2D eigenvalue weighted by Crippen LogP contribution is 2.10. The molecule has 19 heavy (non-hydrogen) atoms. The van der Waals surface area contributed by atoms with Crippen LogP contribution in [-0.2, 0) is 11.2 Å². The van der Waals surface area contributed by atoms with Crippen molar-refractivity contribution in [3.8, 4) is 0 Å². The molecule has 3 heteroatoms. The summed E-state index contributed by atoms with van der Waals surface area (Å²) in [6.45, 7) is 5.93. The Labute approximate surface area is 113 Å². The first-order valence-corrected chi connectivity index (χ1v) is 6.33. The molecule has 0 unspecified atom stereocenters. The van der Waals surface area contributed by atoms with Crippen molar-refractivity contribution in [2.45, 2.75) is 27.2 Å². The number of anilines is 1. The third kappa shape index (κ3) is 3.91. The maximum atomic E-state index is 12.0. The van der Waals surface area contributed by atoms with Crippen LogP contribution in [0, 0.1) is 20.8 Å². The van der Waals surface area contributed by atoms with Crippen LogP contribution >= 0.6 is 0 Å². The highest BCUT2D eigenvalue weighted by molar-refractivity contribution is 5.91. The maximum Gasteiger partial charge on any atom is 0.229 e. The van der Waals surface area contributed by atoms with E-state index in [1.807, 2.05) is 57.2 Å². The highest BCUT2D eigenvalue weighted by atomic mass is 16.1. The van der Waals surface area contributed by atoms with Gasteiger partial charge in [-0.1, -0.05) is 29.8 Å². The van der Waals surface area contributed by atoms with Gasteiger partial charge in [0, 0.05) is 5.69 Å². The van der Waals surface area contributed by atoms with Crippen molar-refractivity contribution in [2.24, 2.45) is 0 Å². The van der Waals surface area contributed by atoms with E-state index >= 15 is 0 Å². The zero-order chi connectivity index (χ0) is 13.8. The summed E-state index contributed by atoms with van der Waals surface area (Å²) in [5.74, 6) is 0.582. The number of carbonyl (C=O) groups is 1. The van der Waals surface area contributed by atoms with Crippen LogP contribution in [0.15, 0.2) is 36.4 Å². The number of benzene rings is 1. The number of aromatic nitrogens is 1. The van der Waals surface area contributed by atoms with E-state index in [1.165, 1.54) is 0 Å². The fourth-order valence-electron chi connectivity index (χ4n) is 2.10. The molecule has 0 aliphatic carbocycles. The molecule has 1 aromatic heterocycles. The third-order valence-electron chi connectivity index (χ3n) is 2.81. The molecule has 1 N–H and O–H groups in total. The van der Waals surface area contributed by atoms with Gasteiger partial charge in [0.2, 0.25) is 5.91 Å². The lowest BCUT2D eigenvalue weighted by atomic mass is 10.1. The van der Waals surface area contributed by atoms with E-state index in [1.54, 1.807) is 0 Å². The number of nitrogens with one attached hydrogen (secondary N) is 1. The van der Waals surface area contributed by atoms with Crippen LogP contribution < -0.4 is 5.32 Å². The minimum absolute atomic E-state index is 0.0388. The van der Waals surface area contributed by atoms with E-state index < -0.39 is 0 Å². The fourth-order valence-corrected chi connectivity index (χ4v) is 2.10. The molecule has 2 aromatic rings. The number of amides is 1. The van der Waals surface area contributed by atoms with E-state index in [2.05, 4.69) is 10.3 Å². The molecule has 0 bridgehead atoms. The Bertz CT molecular complexity index is 585. The average Bonchev–Trinajstić information content (AvgIpc) is 2.26. The zero-order valence-electron chi connectivity index (χ0n) is 11.5. The second-order valence-electron chi connectivity index (χ2n) is 4.89. The van der Waals surface area contributed by atoms with Crippen LogP contribution in [0.1, 0.15) is 22.4 Å². The van der Waals surface area contributed by atoms with E-state index in [0.717, 1.165) is 22.4 Å². The van der Waals surface area contributed by atoms with E-state index in [4.69, 9.17) is 0 Å². The molecular formula is C16H18N2O. The van der Waals surface area contributed by atoms with Crippen LogP contribution in [0.3, 0.4) is 0 Å². The molecular weight excluding hydrogens is 236 g/mol. The van der Waals surface area contributed by atoms with Crippen LogP contribution in [-0.4, -0.2) is 10.9 Å². The summed E-state index contributed by atoms with van der Waals surface area (Å²) in [4.78, 5) is 16.3. The van der Waals surface area contributed by atoms with E-state index in [0.29, 0.717) is 12.2 Å². The first kappa shape index (κ1) is 13.3. The van der Waals surface area contributed by atoms with Gasteiger partial charge in [0.15, 0.2) is 0 Å². The monoisotopic (exact) mass is 254 g/mol. The van der Waals surface area contributed by atoms with Crippen molar-refractivity contribution in [1.29, 1.82) is 0 Å². The second kappa shape index (κ2) is 5.65. The van der Waals surface area contributed by atoms with Crippen molar-refractivity contribution < 1.29 is 4.79 Å². The molecule has 1 heterocycles. The SMILES string of the molecule is Cc1cccc(CC(=O)Nc2cc(C)cc(C)n2)c1. The molecule has 0 fully saturated rings. The Balaban J connectivity index is 2.05. The normalized spacial score (nSPS) is 10.3. The maximum absolute atomic E-state index is 12.0. The first-order chi connectivity index (χ1) is 9.02. The minimum atomic E-state index is -0.0388. The molecule has 3 nitrogen and oxygen atoms in total. The number of carbonyl (C=O) groups excluding carboxylic acids is 1. The van der Waals surface area contributed by atoms with Gasteiger partial charge in [-0.05, 0) is 44.0 Å². The zero-order valence-corrected chi connectivity index (χ0v) is 11.5. The highest BCUT2D eigenvalue weighted by Gasteiger charge is 2.06. The first-order valence-electron chi connectivity index (χ1n) is 6.33. The lowest BCUT2D eigenvalue weighted by Crippen LogP contribution is -2.15. The van der Waals surface area contributed by atoms with Crippen molar-refractivity contribution in [3.63, 3.8) is 0 Å². The Morgan fingerprint density at radius 2 is 1.89 bits per heavy atom. The van der Waals surface area contributed by atoms with Gasteiger partial charge in [-0.15, -0.1) is 0 Å². The predicted octanol–water partition coefficient (Wildman–Crippen LogP) is 3.19. The smallest absolute Gasteiger partial charge is 0.229 e. The number of nitrogens with zero attached hydrogens (tertiary/aromatic N) is 1. The van der Waals surface area contributed by atoms with Crippen molar-refractivity contribution >= 4 is 11.7 Å². The Kier molecular flexibility index (Phi) is 3.95. The number of pyridine rings is 1. The molecule has 0 saturated heterocycles. The Hall–Kier alpha value is -2.16. The Morgan fingerprint density at radius 3 is 2.58 bits per heavy atom. The molecule has 1 amide bonds. The van der Waals surface area contributed by atoms with Gasteiger partial charge in [0.1, 0.15) is 5.82 Å². The summed E-state index contributed by atoms with van der Waals surface area (Å²) in [6.07, 6.45) is 0.371. The number of hydrogen-bond donors (Lipinski definition) is 1. The van der Waals surface area contributed by atoms with Gasteiger partial charge in [-0.3, -0.25) is 4.79 Å². The second-order valence-corrected chi connectivity index (χ2v) is 4.89. The molecule has 2 rings (SSSR count). The Morgan fingerprint density at radius 1 is 1.11 bits per heavy atom. The van der Waals surface area contributed by atoms with Gasteiger partial charge in [-0.25, -0.2) is 4.98 Å². The van der Waals surface area contributed by atoms with Crippen molar-refractivity contribution in [2.75, 3.05) is 5.32 Å². The van der Waals surface area contributed by atoms with Gasteiger partial charge < -0.3 is 5.32 Å². The van der Waals surface area contributed by atoms with Gasteiger partial charge in [0.25, 0.3) is 0 Å². The quantitative estimate of drug-likeness (QED) is 0.914. The van der Waals surface area contributed by atoms with Crippen LogP contribution in [0.5, 0.6) is 0 Å². The van der Waals surface area contributed by atoms with Crippen LogP contribution in [0.4, 0.5) is 5.82 Å². The number of aryl methyl sites for hydroxylation is 3. The summed E-state index contributed by atoms with van der Waals surface area (Å²) < 4.78 is 0. The fraction of sp³-hybridized carbons (Fsp3) is 0.250. The molecule has 0 aliphatic rings. The van der Waals surface area contributed by atoms with Crippen molar-refractivity contribution in [3.05, 3.63) is 58.8 Å². The predicted molar refractivity (Wildman–Crippen MR) is 77.2 cm³/mol. The summed E-state index contributed by atoms with van der Waals surface area (Å²) in [5, 5.41) is 2.84.